The van der Waals surface area contributed by atoms with Crippen LogP contribution >= 0.6 is 11.3 Å². The van der Waals surface area contributed by atoms with Gasteiger partial charge in [0.15, 0.2) is 11.6 Å². The van der Waals surface area contributed by atoms with Crippen molar-refractivity contribution in [1.82, 2.24) is 10.3 Å². The predicted molar refractivity (Wildman–Crippen MR) is 68.5 cm³/mol. The van der Waals surface area contributed by atoms with Gasteiger partial charge in [-0.15, -0.1) is 11.3 Å². The quantitative estimate of drug-likeness (QED) is 0.916. The van der Waals surface area contributed by atoms with Crippen LogP contribution in [-0.2, 0) is 6.54 Å². The SMILES string of the molecule is Cc1csc(C(C)NCc2cccc(F)c2F)n1. The Hall–Kier alpha value is -1.33. The maximum atomic E-state index is 13.4. The standard InChI is InChI=1S/C13H14F2N2S/c1-8-7-18-13(17-8)9(2)16-6-10-4-3-5-11(14)12(10)15/h3-5,7,9,16H,6H2,1-2H3. The Kier molecular flexibility index (Phi) is 4.04. The summed E-state index contributed by atoms with van der Waals surface area (Å²) in [6.45, 7) is 4.16. The van der Waals surface area contributed by atoms with E-state index in [2.05, 4.69) is 10.3 Å². The van der Waals surface area contributed by atoms with E-state index in [0.29, 0.717) is 5.56 Å². The average Bonchev–Trinajstić information content (AvgIpc) is 2.77. The van der Waals surface area contributed by atoms with E-state index in [9.17, 15) is 8.78 Å². The van der Waals surface area contributed by atoms with Crippen molar-refractivity contribution in [2.45, 2.75) is 26.4 Å². The topological polar surface area (TPSA) is 24.9 Å². The molecular formula is C13H14F2N2S. The number of hydrogen-bond donors (Lipinski definition) is 1. The number of halogens is 2. The van der Waals surface area contributed by atoms with Crippen molar-refractivity contribution in [2.24, 2.45) is 0 Å². The van der Waals surface area contributed by atoms with Crippen molar-refractivity contribution in [3.63, 3.8) is 0 Å². The zero-order valence-electron chi connectivity index (χ0n) is 10.2. The van der Waals surface area contributed by atoms with Gasteiger partial charge in [-0.25, -0.2) is 13.8 Å². The van der Waals surface area contributed by atoms with Crippen molar-refractivity contribution in [1.29, 1.82) is 0 Å². The van der Waals surface area contributed by atoms with Crippen LogP contribution < -0.4 is 5.32 Å². The zero-order chi connectivity index (χ0) is 13.1. The molecule has 1 aromatic heterocycles. The second-order valence-corrected chi connectivity index (χ2v) is 5.03. The molecule has 0 bridgehead atoms. The first kappa shape index (κ1) is 13.1. The fourth-order valence-corrected chi connectivity index (χ4v) is 2.43. The van der Waals surface area contributed by atoms with E-state index in [1.807, 2.05) is 19.2 Å². The molecular weight excluding hydrogens is 254 g/mol. The Bertz CT molecular complexity index is 540. The summed E-state index contributed by atoms with van der Waals surface area (Å²) in [6.07, 6.45) is 0. The Morgan fingerprint density at radius 2 is 2.17 bits per heavy atom. The Morgan fingerprint density at radius 1 is 1.39 bits per heavy atom. The van der Waals surface area contributed by atoms with Crippen LogP contribution in [0.1, 0.15) is 29.2 Å². The molecule has 2 aromatic rings. The Morgan fingerprint density at radius 3 is 2.83 bits per heavy atom. The molecule has 0 fully saturated rings. The first-order valence-electron chi connectivity index (χ1n) is 5.66. The Labute approximate surface area is 109 Å². The van der Waals surface area contributed by atoms with E-state index in [-0.39, 0.29) is 12.6 Å². The van der Waals surface area contributed by atoms with Crippen LogP contribution in [0.2, 0.25) is 0 Å². The normalized spacial score (nSPS) is 12.7. The molecule has 1 heterocycles. The summed E-state index contributed by atoms with van der Waals surface area (Å²) in [5, 5.41) is 6.05. The van der Waals surface area contributed by atoms with Gasteiger partial charge in [-0.05, 0) is 19.9 Å². The number of thiazole rings is 1. The third kappa shape index (κ3) is 2.91. The van der Waals surface area contributed by atoms with E-state index in [1.54, 1.807) is 17.4 Å². The summed E-state index contributed by atoms with van der Waals surface area (Å²) in [6, 6.07) is 4.22. The molecule has 2 rings (SSSR count). The molecule has 0 radical (unpaired) electrons. The van der Waals surface area contributed by atoms with Crippen LogP contribution in [-0.4, -0.2) is 4.98 Å². The number of nitrogens with one attached hydrogen (secondary N) is 1. The van der Waals surface area contributed by atoms with Crippen molar-refractivity contribution in [3.05, 3.63) is 51.5 Å². The molecule has 1 N–H and O–H groups in total. The van der Waals surface area contributed by atoms with Crippen LogP contribution in [0.15, 0.2) is 23.6 Å². The number of hydrogen-bond acceptors (Lipinski definition) is 3. The van der Waals surface area contributed by atoms with Crippen LogP contribution in [0.3, 0.4) is 0 Å². The number of nitrogens with zero attached hydrogens (tertiary/aromatic N) is 1. The van der Waals surface area contributed by atoms with E-state index in [4.69, 9.17) is 0 Å². The smallest absolute Gasteiger partial charge is 0.163 e. The van der Waals surface area contributed by atoms with Crippen molar-refractivity contribution in [2.75, 3.05) is 0 Å². The molecule has 0 saturated carbocycles. The van der Waals surface area contributed by atoms with Crippen molar-refractivity contribution < 1.29 is 8.78 Å². The van der Waals surface area contributed by atoms with Gasteiger partial charge in [0.05, 0.1) is 6.04 Å². The van der Waals surface area contributed by atoms with Crippen LogP contribution in [0.25, 0.3) is 0 Å². The number of aryl methyl sites for hydroxylation is 1. The average molecular weight is 268 g/mol. The fourth-order valence-electron chi connectivity index (χ4n) is 1.61. The minimum Gasteiger partial charge on any atom is -0.304 e. The molecule has 0 amide bonds. The van der Waals surface area contributed by atoms with Crippen LogP contribution in [0.4, 0.5) is 8.78 Å². The van der Waals surface area contributed by atoms with Gasteiger partial charge in [-0.2, -0.15) is 0 Å². The molecule has 0 spiro atoms. The number of rotatable bonds is 4. The van der Waals surface area contributed by atoms with Crippen LogP contribution in [0.5, 0.6) is 0 Å². The first-order valence-corrected chi connectivity index (χ1v) is 6.54. The van der Waals surface area contributed by atoms with Crippen molar-refractivity contribution >= 4 is 11.3 Å². The van der Waals surface area contributed by atoms with Gasteiger partial charge in [0, 0.05) is 23.2 Å². The van der Waals surface area contributed by atoms with Gasteiger partial charge in [-0.1, -0.05) is 12.1 Å². The maximum absolute atomic E-state index is 13.4. The van der Waals surface area contributed by atoms with Gasteiger partial charge in [0.1, 0.15) is 5.01 Å². The second kappa shape index (κ2) is 5.54. The fraction of sp³-hybridized carbons (Fsp3) is 0.308. The van der Waals surface area contributed by atoms with Gasteiger partial charge in [0.2, 0.25) is 0 Å². The molecule has 5 heteroatoms. The number of aromatic nitrogens is 1. The minimum absolute atomic E-state index is 0.0198. The molecule has 0 aliphatic heterocycles. The molecule has 18 heavy (non-hydrogen) atoms. The van der Waals surface area contributed by atoms with Gasteiger partial charge >= 0.3 is 0 Å². The Balaban J connectivity index is 2.01. The largest absolute Gasteiger partial charge is 0.304 e. The van der Waals surface area contributed by atoms with Crippen LogP contribution in [0, 0.1) is 18.6 Å². The monoisotopic (exact) mass is 268 g/mol. The first-order chi connectivity index (χ1) is 8.58. The lowest BCUT2D eigenvalue weighted by Crippen LogP contribution is -2.19. The predicted octanol–water partition coefficient (Wildman–Crippen LogP) is 3.58. The highest BCUT2D eigenvalue weighted by Gasteiger charge is 2.11. The van der Waals surface area contributed by atoms with Gasteiger partial charge in [0.25, 0.3) is 0 Å². The van der Waals surface area contributed by atoms with E-state index < -0.39 is 11.6 Å². The van der Waals surface area contributed by atoms with Gasteiger partial charge < -0.3 is 5.32 Å². The third-order valence-corrected chi connectivity index (χ3v) is 3.78. The molecule has 0 saturated heterocycles. The summed E-state index contributed by atoms with van der Waals surface area (Å²) in [5.41, 5.74) is 1.30. The molecule has 96 valence electrons. The zero-order valence-corrected chi connectivity index (χ0v) is 11.0. The minimum atomic E-state index is -0.813. The highest BCUT2D eigenvalue weighted by atomic mass is 32.1. The van der Waals surface area contributed by atoms with Gasteiger partial charge in [-0.3, -0.25) is 0 Å². The van der Waals surface area contributed by atoms with E-state index >= 15 is 0 Å². The summed E-state index contributed by atoms with van der Waals surface area (Å²) in [5.74, 6) is -1.60. The molecule has 0 aliphatic carbocycles. The molecule has 1 unspecified atom stereocenters. The molecule has 0 aliphatic rings. The maximum Gasteiger partial charge on any atom is 0.163 e. The highest BCUT2D eigenvalue weighted by Crippen LogP contribution is 2.18. The summed E-state index contributed by atoms with van der Waals surface area (Å²) in [7, 11) is 0. The summed E-state index contributed by atoms with van der Waals surface area (Å²) in [4.78, 5) is 4.35. The lowest BCUT2D eigenvalue weighted by Gasteiger charge is -2.11. The lowest BCUT2D eigenvalue weighted by molar-refractivity contribution is 0.484. The lowest BCUT2D eigenvalue weighted by atomic mass is 10.2. The molecule has 1 aromatic carbocycles. The summed E-state index contributed by atoms with van der Waals surface area (Å²) >= 11 is 1.56. The number of benzene rings is 1. The molecule has 2 nitrogen and oxygen atoms in total. The van der Waals surface area contributed by atoms with Crippen molar-refractivity contribution in [3.8, 4) is 0 Å². The summed E-state index contributed by atoms with van der Waals surface area (Å²) < 4.78 is 26.4. The second-order valence-electron chi connectivity index (χ2n) is 4.14. The van der Waals surface area contributed by atoms with E-state index in [1.165, 1.54) is 6.07 Å². The third-order valence-electron chi connectivity index (χ3n) is 2.64. The highest BCUT2D eigenvalue weighted by molar-refractivity contribution is 7.09. The molecule has 1 atom stereocenters. The van der Waals surface area contributed by atoms with E-state index in [0.717, 1.165) is 16.8 Å².